The van der Waals surface area contributed by atoms with Crippen LogP contribution in [0.4, 0.5) is 8.78 Å². The molecule has 10 fully saturated rings. The van der Waals surface area contributed by atoms with Gasteiger partial charge in [-0.3, -0.25) is 63.3 Å². The van der Waals surface area contributed by atoms with Gasteiger partial charge < -0.3 is 42.6 Å². The maximum atomic E-state index is 12.7. The third kappa shape index (κ3) is 53.4. The molecule has 2 aromatic rings. The molecule has 30 heteroatoms. The van der Waals surface area contributed by atoms with E-state index in [1.807, 2.05) is 50.0 Å². The number of aliphatic hydroxyl groups excluding tert-OH is 1. The van der Waals surface area contributed by atoms with E-state index in [1.54, 1.807) is 11.6 Å². The topological polar surface area (TPSA) is 278 Å². The number of hydrogen-bond donors (Lipinski definition) is 6. The minimum Gasteiger partial charge on any atom is -0.395 e. The molecule has 0 radical (unpaired) electrons. The minimum atomic E-state index is -2.41. The number of nitrogens with two attached hydrogens (primary N) is 3. The van der Waals surface area contributed by atoms with Crippen LogP contribution in [0.25, 0.3) is 0 Å². The molecule has 860 valence electrons. The number of Topliss-reactive ketones (excluding diaryl/α,β-unsaturated/α-hetero) is 1. The van der Waals surface area contributed by atoms with Crippen LogP contribution in [0.2, 0.25) is 0 Å². The number of aliphatic hydroxyl groups is 1. The van der Waals surface area contributed by atoms with Gasteiger partial charge in [-0.15, -0.1) is 14.5 Å². The summed E-state index contributed by atoms with van der Waals surface area (Å²) in [7, 11) is 10.0. The lowest BCUT2D eigenvalue weighted by molar-refractivity contribution is -0.732. The number of ether oxygens (including phenoxy) is 1. The summed E-state index contributed by atoms with van der Waals surface area (Å²) in [4.78, 5) is 48.9. The van der Waals surface area contributed by atoms with Gasteiger partial charge in [0, 0.05) is 232 Å². The first kappa shape index (κ1) is 140. The first-order valence-corrected chi connectivity index (χ1v) is 56.5. The standard InChI is InChI=1S/C11H24N2.C10H22N2.C10H21NO.C10H19NO.C9H17F2N.C9H18N2O.2C9H20N2.C9H19NO.C8H16N3.C8H18N2.C7H13N3.C7H12N2/c1-10(2,3)13-8-6-7-9(13)11(4,5)12;1-10(2,3)12-7-5-6-9(12)8-11-4;1-8-6-11(10(3,4)5)7-9(2)12-8;1-8(12)9-6-5-7-11(9)10(2,3)4;1-8(2,3)12-6-4-9(10,11)5-7-12;1-9(2,3)11-6-4-5-7(11)8(10)12;1-9(2,3)11-7-5-10(4)6-8-11;1-9(2,3)11-6-4-5-8(11)7-10;1-9(2,3)10-6-4-5-8(10)7-11;1-8(2,3)7-6-10(4)9-11(7)5;1-8(2,3)10-6-4-9-5-7-10;1-7(2,3)6-5-10(4)9-8-6;1-7(2,3)6-4-5-8-9-6/h9H,6-8,12H2,1-5H3;9,11H,5-8H2,1-4H3;8-9H,6-7H2,1-5H3;9H,5-7H2,1-4H3;4-7H2,1-3H3;7H,4-6H2,1-3H3,(H2,10,12);5-8H2,1-4H3;8H,4-7,10H2,1-3H3;8,11H,4-7H2,1-3H3;6H,1-5H3;9H,4-7H2,1-3H3;5H,1-4H3;5H,4H2,1-3H3/q;;;;;;;;;+1;;;. The zero-order valence-electron chi connectivity index (χ0n) is 104. The summed E-state index contributed by atoms with van der Waals surface area (Å²) in [5, 5.41) is 35.5. The highest BCUT2D eigenvalue weighted by Crippen LogP contribution is 2.36. The average Bonchev–Trinajstić information content (AvgIpc) is 1.66. The zero-order chi connectivity index (χ0) is 113. The number of nitrogens with one attached hydrogen (secondary N) is 2. The fourth-order valence-corrected chi connectivity index (χ4v) is 20.9. The number of aryl methyl sites for hydroxylation is 3. The summed E-state index contributed by atoms with van der Waals surface area (Å²) in [6.45, 7) is 118. The number of ketones is 1. The molecule has 13 heterocycles. The van der Waals surface area contributed by atoms with Crippen molar-refractivity contribution < 1.29 is 32.9 Å². The summed E-state index contributed by atoms with van der Waals surface area (Å²) in [6.07, 6.45) is 22.1. The van der Waals surface area contributed by atoms with Crippen LogP contribution in [0.5, 0.6) is 0 Å². The number of carbonyl (C=O) groups is 2. The monoisotopic (exact) mass is 2070 g/mol. The van der Waals surface area contributed by atoms with Gasteiger partial charge >= 0.3 is 0 Å². The second-order valence-electron chi connectivity index (χ2n) is 56.9. The van der Waals surface area contributed by atoms with Crippen molar-refractivity contribution in [2.45, 2.75) is 527 Å². The van der Waals surface area contributed by atoms with E-state index >= 15 is 0 Å². The highest BCUT2D eigenvalue weighted by molar-refractivity contribution is 6.01. The van der Waals surface area contributed by atoms with Crippen LogP contribution < -0.4 is 32.5 Å². The van der Waals surface area contributed by atoms with Crippen LogP contribution in [-0.2, 0) is 46.3 Å². The van der Waals surface area contributed by atoms with Gasteiger partial charge in [0.2, 0.25) is 5.91 Å². The van der Waals surface area contributed by atoms with E-state index in [1.165, 1.54) is 122 Å². The quantitative estimate of drug-likeness (QED) is 0.141. The lowest BCUT2D eigenvalue weighted by Crippen LogP contribution is -2.57. The van der Waals surface area contributed by atoms with Crippen molar-refractivity contribution in [3.8, 4) is 0 Å². The molecule has 1 amide bonds. The van der Waals surface area contributed by atoms with E-state index in [-0.39, 0.29) is 85.8 Å². The molecule has 9 N–H and O–H groups in total. The lowest BCUT2D eigenvalue weighted by Gasteiger charge is -2.43. The number of halogens is 2. The highest BCUT2D eigenvalue weighted by atomic mass is 19.3. The van der Waals surface area contributed by atoms with Crippen molar-refractivity contribution in [3.63, 3.8) is 0 Å². The Morgan fingerprint density at radius 2 is 0.863 bits per heavy atom. The summed E-state index contributed by atoms with van der Waals surface area (Å²) in [5.41, 5.74) is 23.5. The maximum Gasteiger partial charge on any atom is 0.250 e. The molecular formula is C116H239F2N24O4+. The summed E-state index contributed by atoms with van der Waals surface area (Å²) < 4.78 is 36.6. The number of carbonyl (C=O) groups excluding carboxylic acids is 2. The Bertz CT molecular complexity index is 3850. The van der Waals surface area contributed by atoms with Gasteiger partial charge in [-0.2, -0.15) is 10.2 Å². The summed E-state index contributed by atoms with van der Waals surface area (Å²) in [5.74, 6) is -2.27. The number of piperazine rings is 2. The molecule has 2 aromatic heterocycles. The Kier molecular flexibility index (Phi) is 57.8. The minimum absolute atomic E-state index is 0.0181. The molecule has 10 saturated heterocycles. The maximum absolute atomic E-state index is 12.7. The van der Waals surface area contributed by atoms with Gasteiger partial charge in [-0.05, 0) is 373 Å². The Labute approximate surface area is 897 Å². The van der Waals surface area contributed by atoms with E-state index in [2.05, 4.69) is 401 Å². The molecule has 0 bridgehead atoms. The largest absolute Gasteiger partial charge is 0.395 e. The molecule has 0 spiro atoms. The van der Waals surface area contributed by atoms with Crippen molar-refractivity contribution in [3.05, 3.63) is 23.8 Å². The van der Waals surface area contributed by atoms with Crippen LogP contribution in [0.1, 0.15) is 412 Å². The van der Waals surface area contributed by atoms with Crippen molar-refractivity contribution in [2.75, 3.05) is 152 Å². The summed E-state index contributed by atoms with van der Waals surface area (Å²) in [6, 6.07) is 2.50. The second kappa shape index (κ2) is 60.3. The number of nitrogens with zero attached hydrogens (tertiary/aromatic N) is 19. The molecular weight excluding hydrogens is 1830 g/mol. The van der Waals surface area contributed by atoms with E-state index < -0.39 is 5.92 Å². The first-order chi connectivity index (χ1) is 66.1. The third-order valence-electron chi connectivity index (χ3n) is 29.5. The number of piperidine rings is 1. The number of alkyl halides is 2. The Balaban J connectivity index is 0.000000791. The van der Waals surface area contributed by atoms with Gasteiger partial charge in [-0.1, -0.05) is 67.5 Å². The molecule has 0 aromatic carbocycles. The SMILES string of the molecule is CC(=O)C1CCCN1C(C)(C)C.CC(C)(C)C1=NN=CC1.CC(C)(C)N1CCC(F)(F)CC1.CC(C)(C)N1CCCC1C(N)=O.CC(C)(C)N1CCCC1CN.CC(C)(C)N1CCCC1CO.CC(C)(C)N1CCNCC1.CC(C)(N)C1CCCN1C(C)(C)C.CC1CN(C(C)(C)C)CC(C)O1.CN1CCN(C(C)(C)C)CC1.CNCC1CCCN1C(C)(C)C.Cn1cc(C(C)(C)C)nn1.Cn1n[n+](C)cc1C(C)(C)C. The predicted molar refractivity (Wildman–Crippen MR) is 618 cm³/mol. The molecule has 0 saturated carbocycles. The molecule has 11 aliphatic heterocycles. The zero-order valence-corrected chi connectivity index (χ0v) is 104. The van der Waals surface area contributed by atoms with Crippen LogP contribution in [0.3, 0.4) is 0 Å². The third-order valence-corrected chi connectivity index (χ3v) is 29.5. The van der Waals surface area contributed by atoms with Crippen LogP contribution in [-0.4, -0.2) is 374 Å². The fourth-order valence-electron chi connectivity index (χ4n) is 20.9. The smallest absolute Gasteiger partial charge is 0.250 e. The highest BCUT2D eigenvalue weighted by Gasteiger charge is 2.44. The van der Waals surface area contributed by atoms with Crippen molar-refractivity contribution in [1.82, 2.24) is 89.4 Å². The number of aromatic nitrogens is 6. The molecule has 13 rings (SSSR count). The second-order valence-corrected chi connectivity index (χ2v) is 56.9. The number of likely N-dealkylation sites (tertiary alicyclic amines) is 7. The van der Waals surface area contributed by atoms with Gasteiger partial charge in [0.05, 0.1) is 47.5 Å². The molecule has 11 aliphatic rings. The molecule has 0 aliphatic carbocycles. The molecule has 28 nitrogen and oxygen atoms in total. The van der Waals surface area contributed by atoms with Gasteiger partial charge in [0.1, 0.15) is 19.9 Å². The van der Waals surface area contributed by atoms with Crippen LogP contribution in [0, 0.1) is 5.41 Å². The van der Waals surface area contributed by atoms with Gasteiger partial charge in [0.25, 0.3) is 5.92 Å². The molecule has 8 atom stereocenters. The summed E-state index contributed by atoms with van der Waals surface area (Å²) >= 11 is 0. The Morgan fingerprint density at radius 3 is 1.14 bits per heavy atom. The number of likely N-dealkylation sites (N-methyl/N-ethyl adjacent to an activating group) is 2. The molecule has 146 heavy (non-hydrogen) atoms. The van der Waals surface area contributed by atoms with Gasteiger partial charge in [0.15, 0.2) is 11.9 Å². The number of primary amides is 1. The van der Waals surface area contributed by atoms with E-state index in [0.29, 0.717) is 78.0 Å². The predicted octanol–water partition coefficient (Wildman–Crippen LogP) is 18.1. The number of amides is 1. The fraction of sp³-hybridized carbons (Fsp3) is 0.931. The van der Waals surface area contributed by atoms with Crippen molar-refractivity contribution in [1.29, 1.82) is 0 Å². The van der Waals surface area contributed by atoms with E-state index in [9.17, 15) is 18.4 Å². The van der Waals surface area contributed by atoms with Crippen LogP contribution >= 0.6 is 0 Å². The first-order valence-electron chi connectivity index (χ1n) is 56.5. The average molecular weight is 2070 g/mol. The van der Waals surface area contributed by atoms with Crippen molar-refractivity contribution >= 4 is 23.6 Å². The number of rotatable bonds is 7. The Morgan fingerprint density at radius 1 is 0.486 bits per heavy atom. The van der Waals surface area contributed by atoms with E-state index in [0.717, 1.165) is 103 Å². The lowest BCUT2D eigenvalue weighted by atomic mass is 9.89. The number of hydrogen-bond acceptors (Lipinski definition) is 24. The van der Waals surface area contributed by atoms with Crippen molar-refractivity contribution in [2.24, 2.45) is 54.0 Å². The molecule has 8 unspecified atom stereocenters. The normalized spacial score (nSPS) is 24.2. The van der Waals surface area contributed by atoms with E-state index in [4.69, 9.17) is 27.0 Å². The van der Waals surface area contributed by atoms with Gasteiger partial charge in [-0.25, -0.2) is 8.78 Å². The van der Waals surface area contributed by atoms with Crippen LogP contribution in [0.15, 0.2) is 22.6 Å². The Hall–Kier alpha value is -4.06. The number of morpholine rings is 1.